The molecule has 268 valence electrons. The number of para-hydroxylation sites is 1. The largest absolute Gasteiger partial charge is 0.310 e. The zero-order valence-corrected chi connectivity index (χ0v) is 31.3. The van der Waals surface area contributed by atoms with Gasteiger partial charge in [-0.25, -0.2) is 0 Å². The Labute approximate surface area is 332 Å². The van der Waals surface area contributed by atoms with E-state index in [9.17, 15) is 0 Å². The van der Waals surface area contributed by atoms with Crippen molar-refractivity contribution in [3.8, 4) is 11.1 Å². The summed E-state index contributed by atoms with van der Waals surface area (Å²) in [5.41, 5.74) is 15.8. The van der Waals surface area contributed by atoms with E-state index in [2.05, 4.69) is 217 Å². The molecule has 0 saturated heterocycles. The molecule has 7 aromatic carbocycles. The average Bonchev–Trinajstić information content (AvgIpc) is 3.89. The zero-order chi connectivity index (χ0) is 37.6. The van der Waals surface area contributed by atoms with Crippen LogP contribution in [0.5, 0.6) is 0 Å². The van der Waals surface area contributed by atoms with Crippen molar-refractivity contribution in [3.05, 3.63) is 263 Å². The Kier molecular flexibility index (Phi) is 6.92. The number of hydrogen-bond donors (Lipinski definition) is 0. The van der Waals surface area contributed by atoms with E-state index in [0.717, 1.165) is 0 Å². The first-order valence-corrected chi connectivity index (χ1v) is 20.0. The zero-order valence-electron chi connectivity index (χ0n) is 31.3. The molecule has 0 radical (unpaired) electrons. The van der Waals surface area contributed by atoms with E-state index in [1.165, 1.54) is 83.1 Å². The van der Waals surface area contributed by atoms with Crippen LogP contribution in [0.2, 0.25) is 0 Å². The van der Waals surface area contributed by atoms with E-state index >= 15 is 0 Å². The van der Waals surface area contributed by atoms with E-state index in [4.69, 9.17) is 4.98 Å². The van der Waals surface area contributed by atoms with E-state index in [0.29, 0.717) is 0 Å². The third-order valence-corrected chi connectivity index (χ3v) is 13.3. The highest BCUT2D eigenvalue weighted by molar-refractivity contribution is 6.13. The van der Waals surface area contributed by atoms with Crippen LogP contribution in [0.15, 0.2) is 219 Å². The summed E-state index contributed by atoms with van der Waals surface area (Å²) in [5, 5.41) is 2.51. The Morgan fingerprint density at radius 3 is 1.84 bits per heavy atom. The normalized spacial score (nSPS) is 19.8. The lowest BCUT2D eigenvalue weighted by atomic mass is 9.63. The molecule has 12 rings (SSSR count). The molecule has 0 saturated carbocycles. The maximum Gasteiger partial charge on any atom is 0.0728 e. The molecule has 0 aliphatic heterocycles. The second kappa shape index (κ2) is 12.2. The van der Waals surface area contributed by atoms with Gasteiger partial charge in [-0.15, -0.1) is 0 Å². The van der Waals surface area contributed by atoms with Gasteiger partial charge in [-0.1, -0.05) is 176 Å². The quantitative estimate of drug-likeness (QED) is 0.173. The molecule has 57 heavy (non-hydrogen) atoms. The maximum atomic E-state index is 4.70. The van der Waals surface area contributed by atoms with E-state index in [-0.39, 0.29) is 17.3 Å². The topological polar surface area (TPSA) is 17.8 Å². The summed E-state index contributed by atoms with van der Waals surface area (Å²) in [4.78, 5) is 4.70. The number of pyridine rings is 1. The Hall–Kier alpha value is -7.03. The lowest BCUT2D eigenvalue weighted by Crippen LogP contribution is -2.35. The number of fused-ring (bicyclic) bond motifs is 9. The molecule has 0 spiro atoms. The fourth-order valence-electron chi connectivity index (χ4n) is 11.2. The number of nitrogens with zero attached hydrogens (tertiary/aromatic N) is 2. The molecule has 2 nitrogen and oxygen atoms in total. The monoisotopic (exact) mass is 726 g/mol. The predicted octanol–water partition coefficient (Wildman–Crippen LogP) is 12.7. The molecule has 2 heteroatoms. The second-order valence-corrected chi connectivity index (χ2v) is 15.8. The Bertz CT molecular complexity index is 2990. The lowest BCUT2D eigenvalue weighted by Gasteiger charge is -2.39. The molecule has 3 unspecified atom stereocenters. The fourth-order valence-corrected chi connectivity index (χ4v) is 11.2. The van der Waals surface area contributed by atoms with Crippen molar-refractivity contribution in [1.29, 1.82) is 0 Å². The number of allylic oxidation sites excluding steroid dienone is 4. The first-order chi connectivity index (χ1) is 28.3. The smallest absolute Gasteiger partial charge is 0.0728 e. The number of hydrogen-bond acceptors (Lipinski definition) is 1. The molecule has 9 aromatic rings. The molecule has 0 bridgehead atoms. The van der Waals surface area contributed by atoms with Crippen molar-refractivity contribution in [2.45, 2.75) is 16.7 Å². The fraction of sp³-hybridized carbons (Fsp3) is 0.0727. The van der Waals surface area contributed by atoms with Crippen molar-refractivity contribution in [3.63, 3.8) is 0 Å². The van der Waals surface area contributed by atoms with Gasteiger partial charge in [-0.3, -0.25) is 4.98 Å². The standard InChI is InChI=1S/C55H38N2/c1-4-17-37(18-5-1)54(38-19-6-2-7-20-38)48-27-13-10-24-42(48)44-31-30-41(33-50(44)54)57-52-29-15-12-26-45(52)47-34-51-46(35-53(47)57)43-25-11-14-28-49(43)55(51,39-21-8-3-9-22-39)40-23-16-32-56-36-40/h1-36,44,50H. The van der Waals surface area contributed by atoms with E-state index in [1.807, 2.05) is 6.20 Å². The van der Waals surface area contributed by atoms with Crippen molar-refractivity contribution in [1.82, 2.24) is 9.55 Å². The summed E-state index contributed by atoms with van der Waals surface area (Å²) in [7, 11) is 0. The van der Waals surface area contributed by atoms with Crippen LogP contribution < -0.4 is 0 Å². The van der Waals surface area contributed by atoms with Crippen molar-refractivity contribution in [2.24, 2.45) is 5.92 Å². The number of rotatable bonds is 5. The van der Waals surface area contributed by atoms with Gasteiger partial charge in [0.25, 0.3) is 0 Å². The molecule has 0 fully saturated rings. The summed E-state index contributed by atoms with van der Waals surface area (Å²) >= 11 is 0. The van der Waals surface area contributed by atoms with Gasteiger partial charge in [-0.05, 0) is 86.0 Å². The van der Waals surface area contributed by atoms with Crippen LogP contribution in [-0.2, 0) is 10.8 Å². The van der Waals surface area contributed by atoms with Gasteiger partial charge >= 0.3 is 0 Å². The van der Waals surface area contributed by atoms with Gasteiger partial charge < -0.3 is 4.57 Å². The first kappa shape index (κ1) is 32.2. The molecular weight excluding hydrogens is 689 g/mol. The van der Waals surface area contributed by atoms with Crippen LogP contribution in [0.3, 0.4) is 0 Å². The van der Waals surface area contributed by atoms with Crippen molar-refractivity contribution >= 4 is 27.5 Å². The van der Waals surface area contributed by atoms with Gasteiger partial charge in [0.2, 0.25) is 0 Å². The minimum absolute atomic E-state index is 0.155. The minimum atomic E-state index is -0.517. The van der Waals surface area contributed by atoms with Crippen molar-refractivity contribution < 1.29 is 0 Å². The number of benzene rings is 7. The van der Waals surface area contributed by atoms with Crippen LogP contribution in [0.25, 0.3) is 38.6 Å². The molecule has 2 heterocycles. The van der Waals surface area contributed by atoms with Gasteiger partial charge in [0.15, 0.2) is 0 Å². The van der Waals surface area contributed by atoms with Gasteiger partial charge in [0.1, 0.15) is 0 Å². The Morgan fingerprint density at radius 1 is 0.474 bits per heavy atom. The Balaban J connectivity index is 1.15. The maximum absolute atomic E-state index is 4.70. The summed E-state index contributed by atoms with van der Waals surface area (Å²) in [6, 6.07) is 69.9. The third-order valence-electron chi connectivity index (χ3n) is 13.3. The van der Waals surface area contributed by atoms with Crippen LogP contribution in [-0.4, -0.2) is 9.55 Å². The van der Waals surface area contributed by atoms with Crippen LogP contribution in [0, 0.1) is 5.92 Å². The molecular formula is C55H38N2. The average molecular weight is 727 g/mol. The van der Waals surface area contributed by atoms with E-state index in [1.54, 1.807) is 0 Å². The summed E-state index contributed by atoms with van der Waals surface area (Å²) in [6.45, 7) is 0. The third kappa shape index (κ3) is 4.28. The molecule has 3 aliphatic rings. The summed E-state index contributed by atoms with van der Waals surface area (Å²) in [6.07, 6.45) is 11.4. The highest BCUT2D eigenvalue weighted by Crippen LogP contribution is 2.61. The van der Waals surface area contributed by atoms with Crippen LogP contribution in [0.4, 0.5) is 0 Å². The molecule has 3 aliphatic carbocycles. The predicted molar refractivity (Wildman–Crippen MR) is 233 cm³/mol. The number of aromatic nitrogens is 2. The Morgan fingerprint density at radius 2 is 1.11 bits per heavy atom. The summed E-state index contributed by atoms with van der Waals surface area (Å²) in [5.74, 6) is 0.392. The molecule has 2 aromatic heterocycles. The highest BCUT2D eigenvalue weighted by atomic mass is 15.0. The van der Waals surface area contributed by atoms with Crippen molar-refractivity contribution in [2.75, 3.05) is 0 Å². The van der Waals surface area contributed by atoms with Gasteiger partial charge in [0.05, 0.1) is 21.9 Å². The summed E-state index contributed by atoms with van der Waals surface area (Å²) < 4.78 is 2.54. The van der Waals surface area contributed by atoms with Gasteiger partial charge in [0, 0.05) is 40.7 Å². The van der Waals surface area contributed by atoms with Crippen LogP contribution in [0.1, 0.15) is 50.4 Å². The minimum Gasteiger partial charge on any atom is -0.310 e. The SMILES string of the molecule is C1=CC2c3ccccc3C(c3ccccc3)(c3ccccc3)C2C=C1n1c2ccccc2c2cc3c(cc21)-c1ccccc1C3(c1ccccc1)c1cccnc1. The molecule has 3 atom stereocenters. The molecule has 0 N–H and O–H groups in total. The first-order valence-electron chi connectivity index (χ1n) is 20.0. The second-order valence-electron chi connectivity index (χ2n) is 15.8. The molecule has 0 amide bonds. The lowest BCUT2D eigenvalue weighted by molar-refractivity contribution is 0.457. The highest BCUT2D eigenvalue weighted by Gasteiger charge is 2.53. The van der Waals surface area contributed by atoms with Gasteiger partial charge in [-0.2, -0.15) is 0 Å². The van der Waals surface area contributed by atoms with E-state index < -0.39 is 5.41 Å². The van der Waals surface area contributed by atoms with Crippen LogP contribution >= 0.6 is 0 Å².